The van der Waals surface area contributed by atoms with Crippen LogP contribution in [0.25, 0.3) is 11.1 Å². The van der Waals surface area contributed by atoms with Gasteiger partial charge >= 0.3 is 6.03 Å². The molecule has 0 atom stereocenters. The third-order valence-corrected chi connectivity index (χ3v) is 4.00. The molecule has 0 radical (unpaired) electrons. The third kappa shape index (κ3) is 4.68. The van der Waals surface area contributed by atoms with Gasteiger partial charge in [0.1, 0.15) is 0 Å². The predicted octanol–water partition coefficient (Wildman–Crippen LogP) is 3.78. The van der Waals surface area contributed by atoms with E-state index >= 15 is 0 Å². The fourth-order valence-corrected chi connectivity index (χ4v) is 2.66. The van der Waals surface area contributed by atoms with Crippen molar-refractivity contribution in [2.24, 2.45) is 0 Å². The maximum Gasteiger partial charge on any atom is 0.322 e. The number of urea groups is 1. The van der Waals surface area contributed by atoms with E-state index in [-0.39, 0.29) is 19.2 Å². The van der Waals surface area contributed by atoms with Crippen LogP contribution in [-0.4, -0.2) is 34.2 Å². The number of rotatable bonds is 6. The van der Waals surface area contributed by atoms with Crippen molar-refractivity contribution in [3.63, 3.8) is 0 Å². The first-order chi connectivity index (χ1) is 12.8. The molecule has 0 saturated carbocycles. The monoisotopic (exact) mass is 347 g/mol. The lowest BCUT2D eigenvalue weighted by atomic mass is 10.1. The molecule has 0 unspecified atom stereocenters. The number of hydrogen-bond donors (Lipinski definition) is 2. The molecule has 0 aliphatic rings. The summed E-state index contributed by atoms with van der Waals surface area (Å²) in [7, 11) is 0. The van der Waals surface area contributed by atoms with Crippen LogP contribution in [0.5, 0.6) is 0 Å². The van der Waals surface area contributed by atoms with E-state index in [2.05, 4.69) is 10.3 Å². The largest absolute Gasteiger partial charge is 0.395 e. The summed E-state index contributed by atoms with van der Waals surface area (Å²) in [4.78, 5) is 18.2. The number of amides is 2. The van der Waals surface area contributed by atoms with E-state index < -0.39 is 0 Å². The van der Waals surface area contributed by atoms with Gasteiger partial charge in [-0.1, -0.05) is 48.5 Å². The summed E-state index contributed by atoms with van der Waals surface area (Å²) in [6.45, 7) is 0.547. The van der Waals surface area contributed by atoms with Gasteiger partial charge in [-0.05, 0) is 34.9 Å². The van der Waals surface area contributed by atoms with E-state index in [1.165, 1.54) is 0 Å². The molecule has 0 aliphatic heterocycles. The summed E-state index contributed by atoms with van der Waals surface area (Å²) in [6, 6.07) is 21.2. The van der Waals surface area contributed by atoms with Crippen molar-refractivity contribution >= 4 is 11.7 Å². The number of benzene rings is 2. The van der Waals surface area contributed by atoms with Crippen LogP contribution in [0.2, 0.25) is 0 Å². The lowest BCUT2D eigenvalue weighted by molar-refractivity contribution is 0.185. The van der Waals surface area contributed by atoms with Gasteiger partial charge in [0.15, 0.2) is 0 Å². The average molecular weight is 347 g/mol. The van der Waals surface area contributed by atoms with Gasteiger partial charge in [0.2, 0.25) is 0 Å². The van der Waals surface area contributed by atoms with E-state index in [4.69, 9.17) is 0 Å². The molecular formula is C21H21N3O2. The summed E-state index contributed by atoms with van der Waals surface area (Å²) in [5.41, 5.74) is 3.84. The number of aromatic nitrogens is 1. The number of anilines is 1. The van der Waals surface area contributed by atoms with Gasteiger partial charge in [0.05, 0.1) is 6.61 Å². The smallest absolute Gasteiger partial charge is 0.322 e. The van der Waals surface area contributed by atoms with Crippen molar-refractivity contribution in [3.8, 4) is 11.1 Å². The van der Waals surface area contributed by atoms with Gasteiger partial charge in [-0.3, -0.25) is 4.98 Å². The summed E-state index contributed by atoms with van der Waals surface area (Å²) in [5.74, 6) is 0. The van der Waals surface area contributed by atoms with Crippen molar-refractivity contribution in [3.05, 3.63) is 84.7 Å². The van der Waals surface area contributed by atoms with Crippen LogP contribution in [-0.2, 0) is 6.54 Å². The number of aliphatic hydroxyl groups excluding tert-OH is 1. The summed E-state index contributed by atoms with van der Waals surface area (Å²) in [6.07, 6.45) is 3.40. The van der Waals surface area contributed by atoms with Crippen molar-refractivity contribution in [1.82, 2.24) is 9.88 Å². The van der Waals surface area contributed by atoms with Crippen LogP contribution in [0.1, 0.15) is 5.56 Å². The molecule has 2 amide bonds. The SMILES string of the molecule is O=C(Nc1ccc(-c2ccccc2)cc1)N(CCO)Cc1cccnc1. The maximum atomic E-state index is 12.5. The predicted molar refractivity (Wildman–Crippen MR) is 103 cm³/mol. The molecule has 0 saturated heterocycles. The first-order valence-electron chi connectivity index (χ1n) is 8.47. The van der Waals surface area contributed by atoms with Crippen molar-refractivity contribution in [2.45, 2.75) is 6.54 Å². The standard InChI is InChI=1S/C21H21N3O2/c25-14-13-24(16-17-5-4-12-22-15-17)21(26)23-20-10-8-19(9-11-20)18-6-2-1-3-7-18/h1-12,15,25H,13-14,16H2,(H,23,26). The zero-order valence-electron chi connectivity index (χ0n) is 14.4. The second-order valence-corrected chi connectivity index (χ2v) is 5.88. The molecule has 0 aliphatic carbocycles. The van der Waals surface area contributed by atoms with E-state index in [0.29, 0.717) is 12.2 Å². The molecule has 3 aromatic rings. The quantitative estimate of drug-likeness (QED) is 0.713. The molecule has 0 fully saturated rings. The molecule has 5 nitrogen and oxygen atoms in total. The normalized spacial score (nSPS) is 10.3. The second-order valence-electron chi connectivity index (χ2n) is 5.88. The number of carbonyl (C=O) groups is 1. The molecule has 1 heterocycles. The lowest BCUT2D eigenvalue weighted by Crippen LogP contribution is -2.36. The Morgan fingerprint density at radius 3 is 2.35 bits per heavy atom. The van der Waals surface area contributed by atoms with Crippen LogP contribution < -0.4 is 5.32 Å². The number of nitrogens with one attached hydrogen (secondary N) is 1. The zero-order chi connectivity index (χ0) is 18.2. The van der Waals surface area contributed by atoms with Crippen molar-refractivity contribution < 1.29 is 9.90 Å². The number of aliphatic hydroxyl groups is 1. The van der Waals surface area contributed by atoms with Gasteiger partial charge < -0.3 is 15.3 Å². The molecular weight excluding hydrogens is 326 g/mol. The number of carbonyl (C=O) groups excluding carboxylic acids is 1. The Bertz CT molecular complexity index is 821. The molecule has 1 aromatic heterocycles. The highest BCUT2D eigenvalue weighted by molar-refractivity contribution is 5.89. The van der Waals surface area contributed by atoms with Gasteiger partial charge in [0.25, 0.3) is 0 Å². The highest BCUT2D eigenvalue weighted by Gasteiger charge is 2.14. The fraction of sp³-hybridized carbons (Fsp3) is 0.143. The Balaban J connectivity index is 1.67. The molecule has 132 valence electrons. The van der Waals surface area contributed by atoms with Crippen LogP contribution in [0.4, 0.5) is 10.5 Å². The molecule has 3 rings (SSSR count). The molecule has 2 N–H and O–H groups in total. The van der Waals surface area contributed by atoms with Crippen molar-refractivity contribution in [2.75, 3.05) is 18.5 Å². The van der Waals surface area contributed by atoms with E-state index in [0.717, 1.165) is 16.7 Å². The molecule has 5 heteroatoms. The van der Waals surface area contributed by atoms with E-state index in [9.17, 15) is 9.90 Å². The fourth-order valence-electron chi connectivity index (χ4n) is 2.66. The van der Waals surface area contributed by atoms with E-state index in [1.54, 1.807) is 17.3 Å². The highest BCUT2D eigenvalue weighted by atomic mass is 16.3. The average Bonchev–Trinajstić information content (AvgIpc) is 2.70. The summed E-state index contributed by atoms with van der Waals surface area (Å²) < 4.78 is 0. The summed E-state index contributed by atoms with van der Waals surface area (Å²) >= 11 is 0. The van der Waals surface area contributed by atoms with Gasteiger partial charge in [0, 0.05) is 31.2 Å². The number of hydrogen-bond acceptors (Lipinski definition) is 3. The van der Waals surface area contributed by atoms with Gasteiger partial charge in [-0.15, -0.1) is 0 Å². The van der Waals surface area contributed by atoms with E-state index in [1.807, 2.05) is 66.7 Å². The topological polar surface area (TPSA) is 65.5 Å². The number of nitrogens with zero attached hydrogens (tertiary/aromatic N) is 2. The number of pyridine rings is 1. The first-order valence-corrected chi connectivity index (χ1v) is 8.47. The Labute approximate surface area is 152 Å². The van der Waals surface area contributed by atoms with Crippen molar-refractivity contribution in [1.29, 1.82) is 0 Å². The van der Waals surface area contributed by atoms with Crippen LogP contribution in [0.3, 0.4) is 0 Å². The molecule has 2 aromatic carbocycles. The van der Waals surface area contributed by atoms with Gasteiger partial charge in [-0.25, -0.2) is 4.79 Å². The Morgan fingerprint density at radius 2 is 1.69 bits per heavy atom. The Morgan fingerprint density at radius 1 is 0.962 bits per heavy atom. The molecule has 0 bridgehead atoms. The van der Waals surface area contributed by atoms with Crippen LogP contribution in [0, 0.1) is 0 Å². The zero-order valence-corrected chi connectivity index (χ0v) is 14.4. The van der Waals surface area contributed by atoms with Gasteiger partial charge in [-0.2, -0.15) is 0 Å². The van der Waals surface area contributed by atoms with Crippen LogP contribution in [0.15, 0.2) is 79.1 Å². The minimum atomic E-state index is -0.254. The maximum absolute atomic E-state index is 12.5. The minimum Gasteiger partial charge on any atom is -0.395 e. The highest BCUT2D eigenvalue weighted by Crippen LogP contribution is 2.21. The second kappa shape index (κ2) is 8.78. The Kier molecular flexibility index (Phi) is 5.96. The lowest BCUT2D eigenvalue weighted by Gasteiger charge is -2.22. The molecule has 26 heavy (non-hydrogen) atoms. The minimum absolute atomic E-state index is 0.0966. The first kappa shape index (κ1) is 17.6. The molecule has 0 spiro atoms. The Hall–Kier alpha value is -3.18. The third-order valence-electron chi connectivity index (χ3n) is 4.00. The van der Waals surface area contributed by atoms with Crippen LogP contribution >= 0.6 is 0 Å². The summed E-state index contributed by atoms with van der Waals surface area (Å²) in [5, 5.41) is 12.1.